The Morgan fingerprint density at radius 3 is 2.67 bits per heavy atom. The van der Waals surface area contributed by atoms with Crippen LogP contribution in [-0.2, 0) is 4.74 Å². The maximum Gasteiger partial charge on any atom is 0.387 e. The summed E-state index contributed by atoms with van der Waals surface area (Å²) in [5, 5.41) is 3.29. The minimum atomic E-state index is -2.88. The summed E-state index contributed by atoms with van der Waals surface area (Å²) in [7, 11) is 0. The number of anilines is 1. The van der Waals surface area contributed by atoms with Gasteiger partial charge >= 0.3 is 6.61 Å². The van der Waals surface area contributed by atoms with Crippen LogP contribution >= 0.6 is 11.6 Å². The third-order valence-electron chi connectivity index (χ3n) is 2.13. The zero-order valence-corrected chi connectivity index (χ0v) is 11.0. The molecule has 0 aliphatic heterocycles. The highest BCUT2D eigenvalue weighted by molar-refractivity contribution is 6.32. The quantitative estimate of drug-likeness (QED) is 0.824. The topological polar surface area (TPSA) is 30.5 Å². The lowest BCUT2D eigenvalue weighted by Crippen LogP contribution is -2.21. The lowest BCUT2D eigenvalue weighted by Gasteiger charge is -2.16. The smallest absolute Gasteiger partial charge is 0.387 e. The second-order valence-corrected chi connectivity index (χ2v) is 4.14. The van der Waals surface area contributed by atoms with Crippen molar-refractivity contribution < 1.29 is 18.3 Å². The summed E-state index contributed by atoms with van der Waals surface area (Å²) < 4.78 is 33.6. The molecule has 0 fully saturated rings. The van der Waals surface area contributed by atoms with Crippen molar-refractivity contribution in [2.24, 2.45) is 0 Å². The van der Waals surface area contributed by atoms with Crippen LogP contribution in [0, 0.1) is 0 Å². The molecule has 18 heavy (non-hydrogen) atoms. The molecule has 1 atom stereocenters. The van der Waals surface area contributed by atoms with Gasteiger partial charge in [0.25, 0.3) is 0 Å². The van der Waals surface area contributed by atoms with Crippen molar-refractivity contribution in [1.29, 1.82) is 0 Å². The number of ether oxygens (including phenoxy) is 2. The van der Waals surface area contributed by atoms with Crippen molar-refractivity contribution in [3.63, 3.8) is 0 Å². The van der Waals surface area contributed by atoms with Gasteiger partial charge in [-0.15, -0.1) is 0 Å². The van der Waals surface area contributed by atoms with Gasteiger partial charge in [-0.3, -0.25) is 0 Å². The largest absolute Gasteiger partial charge is 0.433 e. The Hall–Kier alpha value is -1.07. The van der Waals surface area contributed by atoms with Crippen LogP contribution in [0.25, 0.3) is 0 Å². The zero-order chi connectivity index (χ0) is 13.5. The van der Waals surface area contributed by atoms with Crippen LogP contribution in [0.2, 0.25) is 5.02 Å². The molecule has 1 aromatic carbocycles. The molecular weight excluding hydrogens is 264 g/mol. The Labute approximate surface area is 110 Å². The molecule has 0 radical (unpaired) electrons. The molecule has 0 heterocycles. The Bertz CT molecular complexity index is 377. The Morgan fingerprint density at radius 2 is 2.11 bits per heavy atom. The van der Waals surface area contributed by atoms with E-state index in [4.69, 9.17) is 16.3 Å². The minimum Gasteiger partial charge on any atom is -0.433 e. The number of rotatable bonds is 7. The van der Waals surface area contributed by atoms with Crippen molar-refractivity contribution in [2.45, 2.75) is 26.5 Å². The summed E-state index contributed by atoms with van der Waals surface area (Å²) in [5.41, 5.74) is 0.730. The molecule has 1 N–H and O–H groups in total. The molecule has 0 amide bonds. The van der Waals surface area contributed by atoms with E-state index in [-0.39, 0.29) is 16.8 Å². The van der Waals surface area contributed by atoms with E-state index in [1.807, 2.05) is 13.8 Å². The van der Waals surface area contributed by atoms with E-state index in [0.29, 0.717) is 13.2 Å². The van der Waals surface area contributed by atoms with Gasteiger partial charge < -0.3 is 14.8 Å². The highest BCUT2D eigenvalue weighted by Crippen LogP contribution is 2.29. The molecule has 0 spiro atoms. The second kappa shape index (κ2) is 7.38. The maximum atomic E-state index is 12.0. The molecule has 6 heteroatoms. The molecule has 1 unspecified atom stereocenters. The van der Waals surface area contributed by atoms with Gasteiger partial charge in [0.05, 0.1) is 11.6 Å². The van der Waals surface area contributed by atoms with Crippen LogP contribution in [0.1, 0.15) is 13.8 Å². The number of alkyl halides is 2. The van der Waals surface area contributed by atoms with Crippen LogP contribution in [0.4, 0.5) is 14.5 Å². The van der Waals surface area contributed by atoms with Crippen molar-refractivity contribution in [3.05, 3.63) is 23.2 Å². The first-order chi connectivity index (χ1) is 8.52. The average molecular weight is 280 g/mol. The third kappa shape index (κ3) is 5.06. The fraction of sp³-hybridized carbons (Fsp3) is 0.500. The normalized spacial score (nSPS) is 12.6. The summed E-state index contributed by atoms with van der Waals surface area (Å²) in [6.45, 7) is 2.20. The molecule has 0 saturated heterocycles. The standard InChI is InChI=1S/C12H16ClF2NO2/c1-3-17-7-8(2)16-9-4-5-11(10(13)6-9)18-12(14)15/h4-6,8,12,16H,3,7H2,1-2H3. The van der Waals surface area contributed by atoms with E-state index in [0.717, 1.165) is 5.69 Å². The Balaban J connectivity index is 2.60. The van der Waals surface area contributed by atoms with Crippen LogP contribution in [0.5, 0.6) is 5.75 Å². The number of hydrogen-bond donors (Lipinski definition) is 1. The first kappa shape index (κ1) is 15.0. The van der Waals surface area contributed by atoms with Gasteiger partial charge in [0.1, 0.15) is 5.75 Å². The maximum absolute atomic E-state index is 12.0. The number of benzene rings is 1. The molecule has 1 aromatic rings. The highest BCUT2D eigenvalue weighted by atomic mass is 35.5. The summed E-state index contributed by atoms with van der Waals surface area (Å²) >= 11 is 5.83. The fourth-order valence-corrected chi connectivity index (χ4v) is 1.63. The van der Waals surface area contributed by atoms with Gasteiger partial charge in [-0.1, -0.05) is 11.6 Å². The summed E-state index contributed by atoms with van der Waals surface area (Å²) in [5.74, 6) is -0.0327. The van der Waals surface area contributed by atoms with Gasteiger partial charge in [-0.25, -0.2) is 0 Å². The minimum absolute atomic E-state index is 0.0327. The highest BCUT2D eigenvalue weighted by Gasteiger charge is 2.10. The summed E-state index contributed by atoms with van der Waals surface area (Å²) in [4.78, 5) is 0. The van der Waals surface area contributed by atoms with Gasteiger partial charge in [0, 0.05) is 18.3 Å². The molecular formula is C12H16ClF2NO2. The molecule has 0 aliphatic carbocycles. The predicted molar refractivity (Wildman–Crippen MR) is 67.7 cm³/mol. The van der Waals surface area contributed by atoms with Gasteiger partial charge in [0.2, 0.25) is 0 Å². The first-order valence-corrected chi connectivity index (χ1v) is 5.99. The van der Waals surface area contributed by atoms with E-state index >= 15 is 0 Å². The SMILES string of the molecule is CCOCC(C)Nc1ccc(OC(F)F)c(Cl)c1. The molecule has 0 aliphatic rings. The molecule has 102 valence electrons. The van der Waals surface area contributed by atoms with Gasteiger partial charge in [-0.05, 0) is 32.0 Å². The average Bonchev–Trinajstić information content (AvgIpc) is 2.29. The van der Waals surface area contributed by atoms with Crippen LogP contribution < -0.4 is 10.1 Å². The Morgan fingerprint density at radius 1 is 1.39 bits per heavy atom. The van der Waals surface area contributed by atoms with Crippen LogP contribution in [0.3, 0.4) is 0 Å². The second-order valence-electron chi connectivity index (χ2n) is 3.73. The van der Waals surface area contributed by atoms with Crippen molar-refractivity contribution in [1.82, 2.24) is 0 Å². The molecule has 3 nitrogen and oxygen atoms in total. The van der Waals surface area contributed by atoms with Crippen molar-refractivity contribution in [2.75, 3.05) is 18.5 Å². The van der Waals surface area contributed by atoms with E-state index in [1.54, 1.807) is 12.1 Å². The monoisotopic (exact) mass is 279 g/mol. The molecule has 0 bridgehead atoms. The zero-order valence-electron chi connectivity index (χ0n) is 10.3. The van der Waals surface area contributed by atoms with Crippen molar-refractivity contribution in [3.8, 4) is 5.75 Å². The molecule has 0 aromatic heterocycles. The third-order valence-corrected chi connectivity index (χ3v) is 2.43. The van der Waals surface area contributed by atoms with Gasteiger partial charge in [-0.2, -0.15) is 8.78 Å². The summed E-state index contributed by atoms with van der Waals surface area (Å²) in [6.07, 6.45) is 0. The predicted octanol–water partition coefficient (Wildman–Crippen LogP) is 3.78. The molecule has 1 rings (SSSR count). The lowest BCUT2D eigenvalue weighted by molar-refractivity contribution is -0.0497. The van der Waals surface area contributed by atoms with Gasteiger partial charge in [0.15, 0.2) is 0 Å². The van der Waals surface area contributed by atoms with Crippen LogP contribution in [0.15, 0.2) is 18.2 Å². The Kier molecular flexibility index (Phi) is 6.15. The first-order valence-electron chi connectivity index (χ1n) is 5.61. The van der Waals surface area contributed by atoms with Crippen LogP contribution in [-0.4, -0.2) is 25.9 Å². The lowest BCUT2D eigenvalue weighted by atomic mass is 10.2. The number of hydrogen-bond acceptors (Lipinski definition) is 3. The molecule has 0 saturated carbocycles. The van der Waals surface area contributed by atoms with E-state index in [1.165, 1.54) is 6.07 Å². The van der Waals surface area contributed by atoms with E-state index < -0.39 is 6.61 Å². The van der Waals surface area contributed by atoms with E-state index in [2.05, 4.69) is 10.1 Å². The number of nitrogens with one attached hydrogen (secondary N) is 1. The number of halogens is 3. The summed E-state index contributed by atoms with van der Waals surface area (Å²) in [6, 6.07) is 4.68. The van der Waals surface area contributed by atoms with Crippen molar-refractivity contribution >= 4 is 17.3 Å². The van der Waals surface area contributed by atoms with E-state index in [9.17, 15) is 8.78 Å². The fourth-order valence-electron chi connectivity index (χ4n) is 1.40.